The monoisotopic (exact) mass is 270 g/mol. The fourth-order valence-corrected chi connectivity index (χ4v) is 2.34. The molecule has 66 valence electrons. The van der Waals surface area contributed by atoms with E-state index in [2.05, 4.69) is 26.0 Å². The van der Waals surface area contributed by atoms with Crippen molar-refractivity contribution in [3.8, 4) is 0 Å². The van der Waals surface area contributed by atoms with E-state index >= 15 is 0 Å². The number of piperidine rings is 1. The van der Waals surface area contributed by atoms with Gasteiger partial charge >= 0.3 is 0 Å². The van der Waals surface area contributed by atoms with E-state index in [1.165, 1.54) is 0 Å². The summed E-state index contributed by atoms with van der Waals surface area (Å²) in [5, 5.41) is 9.87. The molecule has 1 saturated heterocycles. The summed E-state index contributed by atoms with van der Waals surface area (Å²) in [6.45, 7) is 5.55. The Balaban J connectivity index is 2.67. The molecular formula is C7H15IN2O. The molecular weight excluding hydrogens is 255 g/mol. The van der Waals surface area contributed by atoms with Gasteiger partial charge in [0.05, 0.1) is 5.60 Å². The minimum Gasteiger partial charge on any atom is -0.388 e. The van der Waals surface area contributed by atoms with Gasteiger partial charge in [-0.05, 0) is 12.8 Å². The number of nitrogens with two attached hydrogens (primary N) is 1. The minimum absolute atomic E-state index is 0.122. The Bertz CT molecular complexity index is 137. The first-order valence-corrected chi connectivity index (χ1v) is 4.79. The highest BCUT2D eigenvalue weighted by atomic mass is 127. The van der Waals surface area contributed by atoms with E-state index in [4.69, 9.17) is 5.73 Å². The molecule has 3 N–H and O–H groups in total. The normalized spacial score (nSPS) is 47.7. The van der Waals surface area contributed by atoms with Gasteiger partial charge in [0.1, 0.15) is 0 Å². The van der Waals surface area contributed by atoms with Crippen LogP contribution < -0.4 is 5.73 Å². The van der Waals surface area contributed by atoms with Gasteiger partial charge in [-0.2, -0.15) is 0 Å². The maximum Gasteiger partial charge on any atom is 0.0820 e. The minimum atomic E-state index is -0.693. The molecule has 1 rings (SSSR count). The first-order chi connectivity index (χ1) is 4.94. The summed E-state index contributed by atoms with van der Waals surface area (Å²) in [7, 11) is 0. The average Bonchev–Trinajstić information content (AvgIpc) is 1.84. The van der Waals surface area contributed by atoms with Crippen molar-refractivity contribution < 1.29 is 5.11 Å². The summed E-state index contributed by atoms with van der Waals surface area (Å²) >= 11 is 2.25. The number of hydrogen-bond donors (Lipinski definition) is 2. The molecule has 0 aliphatic carbocycles. The van der Waals surface area contributed by atoms with Crippen molar-refractivity contribution in [1.29, 1.82) is 0 Å². The van der Waals surface area contributed by atoms with E-state index in [0.29, 0.717) is 0 Å². The molecule has 3 atom stereocenters. The average molecular weight is 270 g/mol. The van der Waals surface area contributed by atoms with Crippen LogP contribution in [-0.4, -0.2) is 33.0 Å². The van der Waals surface area contributed by atoms with Gasteiger partial charge in [-0.1, -0.05) is 6.92 Å². The number of rotatable bonds is 0. The van der Waals surface area contributed by atoms with Crippen LogP contribution in [-0.2, 0) is 0 Å². The molecule has 0 unspecified atom stereocenters. The van der Waals surface area contributed by atoms with Crippen LogP contribution in [0.1, 0.15) is 13.8 Å². The third-order valence-electron chi connectivity index (χ3n) is 2.62. The second kappa shape index (κ2) is 3.16. The third kappa shape index (κ3) is 1.85. The Kier molecular flexibility index (Phi) is 2.79. The maximum atomic E-state index is 9.87. The van der Waals surface area contributed by atoms with E-state index in [9.17, 15) is 5.11 Å². The fourth-order valence-electron chi connectivity index (χ4n) is 1.32. The molecule has 3 nitrogen and oxygen atoms in total. The molecule has 1 heterocycles. The predicted molar refractivity (Wildman–Crippen MR) is 53.4 cm³/mol. The SMILES string of the molecule is C[C@H]1CN(I)C[C@@H](N)[C@]1(C)O. The predicted octanol–water partition coefficient (Wildman–Crippen LogP) is 0.366. The summed E-state index contributed by atoms with van der Waals surface area (Å²) in [4.78, 5) is 0. The van der Waals surface area contributed by atoms with E-state index in [1.54, 1.807) is 0 Å². The Morgan fingerprint density at radius 3 is 2.64 bits per heavy atom. The molecule has 0 saturated carbocycles. The summed E-state index contributed by atoms with van der Waals surface area (Å²) in [5.74, 6) is 0.253. The van der Waals surface area contributed by atoms with Gasteiger partial charge in [0, 0.05) is 42.0 Å². The fraction of sp³-hybridized carbons (Fsp3) is 1.00. The molecule has 1 aliphatic rings. The zero-order valence-electron chi connectivity index (χ0n) is 6.92. The van der Waals surface area contributed by atoms with Crippen molar-refractivity contribution in [2.24, 2.45) is 11.7 Å². The van der Waals surface area contributed by atoms with Crippen molar-refractivity contribution >= 4 is 22.9 Å². The van der Waals surface area contributed by atoms with Crippen molar-refractivity contribution in [2.45, 2.75) is 25.5 Å². The van der Waals surface area contributed by atoms with Crippen LogP contribution in [0.25, 0.3) is 0 Å². The maximum absolute atomic E-state index is 9.87. The van der Waals surface area contributed by atoms with Crippen LogP contribution in [0.2, 0.25) is 0 Å². The first kappa shape index (κ1) is 9.70. The highest BCUT2D eigenvalue weighted by Gasteiger charge is 2.40. The summed E-state index contributed by atoms with van der Waals surface area (Å²) in [5.41, 5.74) is 5.10. The molecule has 0 amide bonds. The lowest BCUT2D eigenvalue weighted by molar-refractivity contribution is -0.0453. The standard InChI is InChI=1S/C7H15IN2O/c1-5-3-10(8)4-6(9)7(5,2)11/h5-6,11H,3-4,9H2,1-2H3/t5-,6+,7+/m0/s1. The van der Waals surface area contributed by atoms with Crippen LogP contribution in [0.4, 0.5) is 0 Å². The zero-order valence-corrected chi connectivity index (χ0v) is 9.08. The lowest BCUT2D eigenvalue weighted by atomic mass is 9.81. The molecule has 11 heavy (non-hydrogen) atoms. The number of nitrogens with zero attached hydrogens (tertiary/aromatic N) is 1. The van der Waals surface area contributed by atoms with Crippen LogP contribution in [0.15, 0.2) is 0 Å². The molecule has 0 aromatic rings. The molecule has 0 aromatic carbocycles. The zero-order chi connectivity index (χ0) is 8.65. The third-order valence-corrected chi connectivity index (χ3v) is 3.40. The van der Waals surface area contributed by atoms with Crippen LogP contribution in [0, 0.1) is 5.92 Å². The highest BCUT2D eigenvalue weighted by Crippen LogP contribution is 2.27. The molecule has 0 radical (unpaired) electrons. The lowest BCUT2D eigenvalue weighted by Crippen LogP contribution is -2.60. The van der Waals surface area contributed by atoms with E-state index in [0.717, 1.165) is 13.1 Å². The summed E-state index contributed by atoms with van der Waals surface area (Å²) in [6.07, 6.45) is 0. The Labute approximate surface area is 81.4 Å². The summed E-state index contributed by atoms with van der Waals surface area (Å²) in [6, 6.07) is -0.122. The number of aliphatic hydroxyl groups is 1. The summed E-state index contributed by atoms with van der Waals surface area (Å²) < 4.78 is 2.13. The molecule has 0 spiro atoms. The molecule has 1 aliphatic heterocycles. The largest absolute Gasteiger partial charge is 0.388 e. The van der Waals surface area contributed by atoms with Crippen LogP contribution in [0.3, 0.4) is 0 Å². The second-order valence-electron chi connectivity index (χ2n) is 3.56. The van der Waals surface area contributed by atoms with Crippen molar-refractivity contribution in [2.75, 3.05) is 13.1 Å². The lowest BCUT2D eigenvalue weighted by Gasteiger charge is -2.43. The number of halogens is 1. The van der Waals surface area contributed by atoms with Crippen molar-refractivity contribution in [3.05, 3.63) is 0 Å². The topological polar surface area (TPSA) is 49.5 Å². The smallest absolute Gasteiger partial charge is 0.0820 e. The number of hydrogen-bond acceptors (Lipinski definition) is 3. The van der Waals surface area contributed by atoms with Gasteiger partial charge in [0.25, 0.3) is 0 Å². The molecule has 0 bridgehead atoms. The van der Waals surface area contributed by atoms with Gasteiger partial charge in [0.15, 0.2) is 0 Å². The van der Waals surface area contributed by atoms with Gasteiger partial charge in [-0.25, -0.2) is 3.11 Å². The molecule has 0 aromatic heterocycles. The highest BCUT2D eigenvalue weighted by molar-refractivity contribution is 14.1. The van der Waals surface area contributed by atoms with Crippen molar-refractivity contribution in [3.63, 3.8) is 0 Å². The molecule has 1 fully saturated rings. The van der Waals surface area contributed by atoms with Gasteiger partial charge < -0.3 is 10.8 Å². The van der Waals surface area contributed by atoms with Gasteiger partial charge in [-0.3, -0.25) is 0 Å². The van der Waals surface area contributed by atoms with Crippen LogP contribution >= 0.6 is 22.9 Å². The Hall–Kier alpha value is 0.610. The first-order valence-electron chi connectivity index (χ1n) is 3.83. The Morgan fingerprint density at radius 2 is 2.18 bits per heavy atom. The van der Waals surface area contributed by atoms with E-state index < -0.39 is 5.60 Å². The Morgan fingerprint density at radius 1 is 1.64 bits per heavy atom. The van der Waals surface area contributed by atoms with E-state index in [1.807, 2.05) is 13.8 Å². The van der Waals surface area contributed by atoms with Gasteiger partial charge in [0.2, 0.25) is 0 Å². The second-order valence-corrected chi connectivity index (χ2v) is 4.93. The molecule has 4 heteroatoms. The quantitative estimate of drug-likeness (QED) is 0.494. The van der Waals surface area contributed by atoms with Crippen molar-refractivity contribution in [1.82, 2.24) is 3.11 Å². The van der Waals surface area contributed by atoms with E-state index in [-0.39, 0.29) is 12.0 Å². The van der Waals surface area contributed by atoms with Gasteiger partial charge in [-0.15, -0.1) is 0 Å². The van der Waals surface area contributed by atoms with Crippen LogP contribution in [0.5, 0.6) is 0 Å².